The number of benzene rings is 1. The number of aryl methyl sites for hydroxylation is 2. The fourth-order valence-corrected chi connectivity index (χ4v) is 3.01. The molecule has 1 heterocycles. The maximum atomic E-state index is 6.05. The second kappa shape index (κ2) is 6.51. The topological polar surface area (TPSA) is 38.5 Å². The number of rotatable bonds is 3. The van der Waals surface area contributed by atoms with Crippen LogP contribution in [0, 0.1) is 13.8 Å². The van der Waals surface area contributed by atoms with Crippen LogP contribution in [-0.2, 0) is 4.74 Å². The van der Waals surface area contributed by atoms with Crippen molar-refractivity contribution in [2.75, 3.05) is 26.2 Å². The van der Waals surface area contributed by atoms with Gasteiger partial charge in [-0.1, -0.05) is 29.3 Å². The smallest absolute Gasteiger partial charge is 0.0674 e. The summed E-state index contributed by atoms with van der Waals surface area (Å²) in [7, 11) is 0. The molecule has 2 N–H and O–H groups in total. The minimum atomic E-state index is 0.294. The molecule has 0 aliphatic carbocycles. The Morgan fingerprint density at radius 3 is 2.63 bits per heavy atom. The Morgan fingerprint density at radius 1 is 1.32 bits per heavy atom. The fraction of sp³-hybridized carbons (Fsp3) is 0.625. The van der Waals surface area contributed by atoms with E-state index in [-0.39, 0.29) is 0 Å². The second-order valence-electron chi connectivity index (χ2n) is 5.70. The quantitative estimate of drug-likeness (QED) is 0.909. The minimum Gasteiger partial charge on any atom is -0.377 e. The third-order valence-corrected chi connectivity index (χ3v) is 3.78. The molecular formula is C16H26N2O. The summed E-state index contributed by atoms with van der Waals surface area (Å²) in [5.41, 5.74) is 10.0. The number of ether oxygens (including phenoxy) is 1. The summed E-state index contributed by atoms with van der Waals surface area (Å²) in [6, 6.07) is 7.05. The Morgan fingerprint density at radius 2 is 2.00 bits per heavy atom. The molecule has 0 saturated carbocycles. The highest BCUT2D eigenvalue weighted by Gasteiger charge is 2.23. The van der Waals surface area contributed by atoms with Gasteiger partial charge in [0.05, 0.1) is 6.10 Å². The van der Waals surface area contributed by atoms with E-state index >= 15 is 0 Å². The molecule has 0 spiro atoms. The molecule has 1 fully saturated rings. The zero-order valence-electron chi connectivity index (χ0n) is 12.4. The van der Waals surface area contributed by atoms with E-state index in [1.807, 2.05) is 0 Å². The van der Waals surface area contributed by atoms with Crippen LogP contribution >= 0.6 is 0 Å². The highest BCUT2D eigenvalue weighted by Crippen LogP contribution is 2.24. The lowest BCUT2D eigenvalue weighted by molar-refractivity contribution is 0.0612. The van der Waals surface area contributed by atoms with Gasteiger partial charge in [-0.2, -0.15) is 0 Å². The van der Waals surface area contributed by atoms with E-state index in [0.29, 0.717) is 18.7 Å². The number of hydrogen-bond acceptors (Lipinski definition) is 3. The molecule has 106 valence electrons. The molecule has 0 aromatic heterocycles. The third-order valence-electron chi connectivity index (χ3n) is 3.78. The normalized spacial score (nSPS) is 23.1. The van der Waals surface area contributed by atoms with Crippen LogP contribution in [0.2, 0.25) is 0 Å². The summed E-state index contributed by atoms with van der Waals surface area (Å²) in [5.74, 6) is 0. The molecule has 0 amide bonds. The van der Waals surface area contributed by atoms with Crippen molar-refractivity contribution in [2.45, 2.75) is 39.3 Å². The summed E-state index contributed by atoms with van der Waals surface area (Å²) in [5, 5.41) is 0. The van der Waals surface area contributed by atoms with Crippen LogP contribution in [0.5, 0.6) is 0 Å². The number of hydrogen-bond donors (Lipinski definition) is 1. The standard InChI is InChI=1S/C16H26N2O/c1-12-7-13(2)9-15(8-12)16(10-17)18-5-4-6-19-14(3)11-18/h7-9,14,16H,4-6,10-11,17H2,1-3H3. The van der Waals surface area contributed by atoms with Crippen LogP contribution in [0.1, 0.15) is 36.1 Å². The maximum absolute atomic E-state index is 6.05. The number of nitrogens with zero attached hydrogens (tertiary/aromatic N) is 1. The van der Waals surface area contributed by atoms with Gasteiger partial charge in [-0.3, -0.25) is 4.90 Å². The van der Waals surface area contributed by atoms with Crippen molar-refractivity contribution in [1.82, 2.24) is 4.90 Å². The van der Waals surface area contributed by atoms with Crippen molar-refractivity contribution in [3.63, 3.8) is 0 Å². The van der Waals surface area contributed by atoms with Gasteiger partial charge in [0.2, 0.25) is 0 Å². The predicted octanol–water partition coefficient (Wildman–Crippen LogP) is 2.41. The first-order valence-electron chi connectivity index (χ1n) is 7.24. The van der Waals surface area contributed by atoms with Gasteiger partial charge in [0, 0.05) is 32.3 Å². The first-order chi connectivity index (χ1) is 9.10. The van der Waals surface area contributed by atoms with Gasteiger partial charge in [-0.05, 0) is 32.8 Å². The molecule has 1 aliphatic heterocycles. The van der Waals surface area contributed by atoms with Crippen molar-refractivity contribution < 1.29 is 4.74 Å². The summed E-state index contributed by atoms with van der Waals surface area (Å²) in [4.78, 5) is 2.48. The van der Waals surface area contributed by atoms with Gasteiger partial charge in [-0.25, -0.2) is 0 Å². The molecule has 19 heavy (non-hydrogen) atoms. The van der Waals surface area contributed by atoms with Crippen molar-refractivity contribution in [2.24, 2.45) is 5.73 Å². The molecule has 3 nitrogen and oxygen atoms in total. The van der Waals surface area contributed by atoms with E-state index in [1.54, 1.807) is 0 Å². The second-order valence-corrected chi connectivity index (χ2v) is 5.70. The van der Waals surface area contributed by atoms with Crippen LogP contribution in [0.15, 0.2) is 18.2 Å². The van der Waals surface area contributed by atoms with Gasteiger partial charge in [0.15, 0.2) is 0 Å². The fourth-order valence-electron chi connectivity index (χ4n) is 3.01. The van der Waals surface area contributed by atoms with Crippen molar-refractivity contribution in [3.8, 4) is 0 Å². The Balaban J connectivity index is 2.22. The van der Waals surface area contributed by atoms with E-state index in [4.69, 9.17) is 10.5 Å². The molecule has 1 aromatic carbocycles. The Labute approximate surface area is 116 Å². The lowest BCUT2D eigenvalue weighted by atomic mass is 9.99. The summed E-state index contributed by atoms with van der Waals surface area (Å²) >= 11 is 0. The van der Waals surface area contributed by atoms with Crippen LogP contribution in [0.25, 0.3) is 0 Å². The Hall–Kier alpha value is -0.900. The highest BCUT2D eigenvalue weighted by atomic mass is 16.5. The summed E-state index contributed by atoms with van der Waals surface area (Å²) < 4.78 is 5.73. The van der Waals surface area contributed by atoms with Gasteiger partial charge in [0.25, 0.3) is 0 Å². The molecule has 3 heteroatoms. The first-order valence-corrected chi connectivity index (χ1v) is 7.24. The van der Waals surface area contributed by atoms with Gasteiger partial charge in [0.1, 0.15) is 0 Å². The number of nitrogens with two attached hydrogens (primary N) is 1. The molecule has 2 rings (SSSR count). The van der Waals surface area contributed by atoms with Crippen molar-refractivity contribution >= 4 is 0 Å². The van der Waals surface area contributed by atoms with E-state index in [0.717, 1.165) is 26.1 Å². The van der Waals surface area contributed by atoms with E-state index in [2.05, 4.69) is 43.9 Å². The lowest BCUT2D eigenvalue weighted by Gasteiger charge is -2.31. The average molecular weight is 262 g/mol. The molecule has 1 aromatic rings. The van der Waals surface area contributed by atoms with Crippen molar-refractivity contribution in [1.29, 1.82) is 0 Å². The highest BCUT2D eigenvalue weighted by molar-refractivity contribution is 5.31. The largest absolute Gasteiger partial charge is 0.377 e. The van der Waals surface area contributed by atoms with Crippen LogP contribution in [-0.4, -0.2) is 37.2 Å². The van der Waals surface area contributed by atoms with E-state index < -0.39 is 0 Å². The maximum Gasteiger partial charge on any atom is 0.0674 e. The molecule has 2 atom stereocenters. The molecule has 2 unspecified atom stereocenters. The predicted molar refractivity (Wildman–Crippen MR) is 79.3 cm³/mol. The van der Waals surface area contributed by atoms with E-state index in [9.17, 15) is 0 Å². The first kappa shape index (κ1) is 14.5. The summed E-state index contributed by atoms with van der Waals surface area (Å²) in [6.45, 7) is 10.0. The molecule has 0 radical (unpaired) electrons. The lowest BCUT2D eigenvalue weighted by Crippen LogP contribution is -2.37. The van der Waals surface area contributed by atoms with Crippen LogP contribution in [0.3, 0.4) is 0 Å². The van der Waals surface area contributed by atoms with Gasteiger partial charge < -0.3 is 10.5 Å². The average Bonchev–Trinajstić information content (AvgIpc) is 2.54. The zero-order chi connectivity index (χ0) is 13.8. The van der Waals surface area contributed by atoms with Crippen LogP contribution in [0.4, 0.5) is 0 Å². The molecule has 1 aliphatic rings. The zero-order valence-corrected chi connectivity index (χ0v) is 12.4. The van der Waals surface area contributed by atoms with E-state index in [1.165, 1.54) is 16.7 Å². The van der Waals surface area contributed by atoms with Crippen LogP contribution < -0.4 is 5.73 Å². The Bertz CT molecular complexity index is 399. The van der Waals surface area contributed by atoms with Gasteiger partial charge in [-0.15, -0.1) is 0 Å². The monoisotopic (exact) mass is 262 g/mol. The third kappa shape index (κ3) is 3.78. The molecule has 1 saturated heterocycles. The summed E-state index contributed by atoms with van der Waals surface area (Å²) in [6.07, 6.45) is 1.38. The molecule has 0 bridgehead atoms. The minimum absolute atomic E-state index is 0.294. The van der Waals surface area contributed by atoms with Gasteiger partial charge >= 0.3 is 0 Å². The SMILES string of the molecule is Cc1cc(C)cc(C(CN)N2CCCOC(C)C2)c1. The molecular weight excluding hydrogens is 236 g/mol. The van der Waals surface area contributed by atoms with Crippen molar-refractivity contribution in [3.05, 3.63) is 34.9 Å². The Kier molecular flexibility index (Phi) is 4.97.